The van der Waals surface area contributed by atoms with Gasteiger partial charge in [0.15, 0.2) is 13.2 Å². The highest BCUT2D eigenvalue weighted by Crippen LogP contribution is 2.60. The van der Waals surface area contributed by atoms with E-state index >= 15 is 0 Å². The maximum Gasteiger partial charge on any atom is 0.344 e. The van der Waals surface area contributed by atoms with Crippen molar-refractivity contribution >= 4 is 17.9 Å². The zero-order chi connectivity index (χ0) is 20.8. The molecule has 0 aromatic rings. The molecular weight excluding hydrogens is 368 g/mol. The molecule has 4 aliphatic carbocycles. The first kappa shape index (κ1) is 21.0. The molecule has 8 nitrogen and oxygen atoms in total. The quantitative estimate of drug-likeness (QED) is 0.486. The van der Waals surface area contributed by atoms with Crippen LogP contribution in [-0.2, 0) is 28.6 Å². The van der Waals surface area contributed by atoms with E-state index in [4.69, 9.17) is 14.2 Å². The number of rotatable bonds is 7. The summed E-state index contributed by atoms with van der Waals surface area (Å²) in [6.45, 7) is 4.10. The predicted octanol–water partition coefficient (Wildman–Crippen LogP) is 1.25. The summed E-state index contributed by atoms with van der Waals surface area (Å²) in [6, 6.07) is 0. The minimum atomic E-state index is -1.01. The van der Waals surface area contributed by atoms with Gasteiger partial charge in [0.2, 0.25) is 0 Å². The van der Waals surface area contributed by atoms with Gasteiger partial charge < -0.3 is 24.4 Å². The molecule has 0 heterocycles. The molecule has 4 saturated carbocycles. The summed E-state index contributed by atoms with van der Waals surface area (Å²) < 4.78 is 15.4. The summed E-state index contributed by atoms with van der Waals surface area (Å²) in [5.74, 6) is -1.96. The lowest BCUT2D eigenvalue weighted by atomic mass is 9.50. The van der Waals surface area contributed by atoms with Crippen molar-refractivity contribution in [3.63, 3.8) is 0 Å². The van der Waals surface area contributed by atoms with Crippen molar-refractivity contribution in [2.24, 2.45) is 11.3 Å². The van der Waals surface area contributed by atoms with Gasteiger partial charge in [-0.25, -0.2) is 9.59 Å². The minimum Gasteiger partial charge on any atom is -0.456 e. The summed E-state index contributed by atoms with van der Waals surface area (Å²) >= 11 is 0. The molecule has 0 amide bonds. The van der Waals surface area contributed by atoms with Crippen LogP contribution in [0.1, 0.15) is 65.7 Å². The SMILES string of the molecule is CCC(C)(C)C(=O)OCC(=O)OCC(=O)OC12CC3CC(O)(CC(O)(C3)C1)C2. The van der Waals surface area contributed by atoms with Crippen molar-refractivity contribution in [2.45, 2.75) is 82.5 Å². The third-order valence-electron chi connectivity index (χ3n) is 6.40. The Kier molecular flexibility index (Phi) is 5.25. The van der Waals surface area contributed by atoms with Crippen molar-refractivity contribution in [3.8, 4) is 0 Å². The Bertz CT molecular complexity index is 651. The lowest BCUT2D eigenvalue weighted by Gasteiger charge is -2.62. The molecule has 158 valence electrons. The van der Waals surface area contributed by atoms with E-state index in [9.17, 15) is 24.6 Å². The first-order valence-electron chi connectivity index (χ1n) is 9.88. The molecule has 4 aliphatic rings. The van der Waals surface area contributed by atoms with Crippen LogP contribution < -0.4 is 0 Å². The standard InChI is InChI=1S/C20H30O8/c1-4-17(2,3)16(23)27-8-14(21)26-9-15(22)28-20-7-13-5-18(24,11-20)10-19(25,6-13)12-20/h13,24-25H,4-12H2,1-3H3. The molecule has 0 aromatic heterocycles. The topological polar surface area (TPSA) is 119 Å². The number of hydrogen-bond donors (Lipinski definition) is 2. The number of carbonyl (C=O) groups excluding carboxylic acids is 3. The highest BCUT2D eigenvalue weighted by atomic mass is 16.6. The van der Waals surface area contributed by atoms with Gasteiger partial charge in [0.25, 0.3) is 0 Å². The molecule has 4 rings (SSSR count). The summed E-state index contributed by atoms with van der Waals surface area (Å²) in [4.78, 5) is 35.8. The molecule has 0 radical (unpaired) electrons. The normalized spacial score (nSPS) is 36.1. The van der Waals surface area contributed by atoms with Crippen LogP contribution in [0.5, 0.6) is 0 Å². The van der Waals surface area contributed by atoms with E-state index < -0.39 is 53.3 Å². The Labute approximate surface area is 164 Å². The highest BCUT2D eigenvalue weighted by molar-refractivity contribution is 5.81. The summed E-state index contributed by atoms with van der Waals surface area (Å²) in [7, 11) is 0. The van der Waals surface area contributed by atoms with Gasteiger partial charge in [-0.3, -0.25) is 4.79 Å². The van der Waals surface area contributed by atoms with Gasteiger partial charge in [0.05, 0.1) is 16.6 Å². The number of esters is 3. The molecular formula is C20H30O8. The van der Waals surface area contributed by atoms with Gasteiger partial charge in [0, 0.05) is 19.3 Å². The van der Waals surface area contributed by atoms with Crippen LogP contribution >= 0.6 is 0 Å². The molecule has 0 saturated heterocycles. The third kappa shape index (κ3) is 4.33. The molecule has 2 atom stereocenters. The van der Waals surface area contributed by atoms with E-state index in [1.807, 2.05) is 6.92 Å². The molecule has 0 aromatic carbocycles. The highest BCUT2D eigenvalue weighted by Gasteiger charge is 2.64. The van der Waals surface area contributed by atoms with Crippen molar-refractivity contribution in [2.75, 3.05) is 13.2 Å². The Morgan fingerprint density at radius 2 is 1.50 bits per heavy atom. The lowest BCUT2D eigenvalue weighted by Crippen LogP contribution is -2.67. The van der Waals surface area contributed by atoms with E-state index in [0.717, 1.165) is 0 Å². The molecule has 8 heteroatoms. The van der Waals surface area contributed by atoms with Crippen LogP contribution in [0.25, 0.3) is 0 Å². The van der Waals surface area contributed by atoms with Crippen molar-refractivity contribution in [3.05, 3.63) is 0 Å². The van der Waals surface area contributed by atoms with Crippen LogP contribution in [0.3, 0.4) is 0 Å². The largest absolute Gasteiger partial charge is 0.456 e. The lowest BCUT2D eigenvalue weighted by molar-refractivity contribution is -0.262. The molecule has 28 heavy (non-hydrogen) atoms. The van der Waals surface area contributed by atoms with Crippen LogP contribution in [-0.4, -0.2) is 58.1 Å². The predicted molar refractivity (Wildman–Crippen MR) is 95.9 cm³/mol. The Balaban J connectivity index is 1.47. The number of hydrogen-bond acceptors (Lipinski definition) is 8. The van der Waals surface area contributed by atoms with Gasteiger partial charge in [0.1, 0.15) is 5.60 Å². The van der Waals surface area contributed by atoms with E-state index in [2.05, 4.69) is 0 Å². The third-order valence-corrected chi connectivity index (χ3v) is 6.40. The first-order valence-corrected chi connectivity index (χ1v) is 9.88. The second-order valence-corrected chi connectivity index (χ2v) is 9.59. The average Bonchev–Trinajstić information content (AvgIpc) is 2.53. The molecule has 2 unspecified atom stereocenters. The fraction of sp³-hybridized carbons (Fsp3) is 0.850. The van der Waals surface area contributed by atoms with Crippen LogP contribution in [0.4, 0.5) is 0 Å². The number of carbonyl (C=O) groups is 3. The van der Waals surface area contributed by atoms with Gasteiger partial charge >= 0.3 is 17.9 Å². The number of ether oxygens (including phenoxy) is 3. The Morgan fingerprint density at radius 1 is 0.929 bits per heavy atom. The van der Waals surface area contributed by atoms with E-state index in [1.165, 1.54) is 0 Å². The second-order valence-electron chi connectivity index (χ2n) is 9.59. The van der Waals surface area contributed by atoms with Gasteiger partial charge in [-0.2, -0.15) is 0 Å². The minimum absolute atomic E-state index is 0.114. The monoisotopic (exact) mass is 398 g/mol. The molecule has 0 spiro atoms. The zero-order valence-electron chi connectivity index (χ0n) is 16.8. The second kappa shape index (κ2) is 6.99. The van der Waals surface area contributed by atoms with E-state index in [0.29, 0.717) is 44.9 Å². The maximum absolute atomic E-state index is 12.2. The number of aliphatic hydroxyl groups is 2. The average molecular weight is 398 g/mol. The molecule has 4 bridgehead atoms. The fourth-order valence-corrected chi connectivity index (χ4v) is 5.28. The van der Waals surface area contributed by atoms with Crippen LogP contribution in [0.15, 0.2) is 0 Å². The zero-order valence-corrected chi connectivity index (χ0v) is 16.8. The summed E-state index contributed by atoms with van der Waals surface area (Å²) in [6.07, 6.45) is 3.29. The Morgan fingerprint density at radius 3 is 2.04 bits per heavy atom. The molecule has 4 fully saturated rings. The van der Waals surface area contributed by atoms with Crippen LogP contribution in [0.2, 0.25) is 0 Å². The fourth-order valence-electron chi connectivity index (χ4n) is 5.28. The molecule has 0 aliphatic heterocycles. The smallest absolute Gasteiger partial charge is 0.344 e. The van der Waals surface area contributed by atoms with E-state index in [1.54, 1.807) is 13.8 Å². The maximum atomic E-state index is 12.2. The Hall–Kier alpha value is -1.67. The van der Waals surface area contributed by atoms with E-state index in [-0.39, 0.29) is 5.92 Å². The summed E-state index contributed by atoms with van der Waals surface area (Å²) in [5, 5.41) is 21.4. The van der Waals surface area contributed by atoms with Crippen molar-refractivity contribution in [1.29, 1.82) is 0 Å². The van der Waals surface area contributed by atoms with Gasteiger partial charge in [-0.1, -0.05) is 6.92 Å². The van der Waals surface area contributed by atoms with Crippen LogP contribution in [0, 0.1) is 11.3 Å². The molecule has 2 N–H and O–H groups in total. The van der Waals surface area contributed by atoms with Gasteiger partial charge in [-0.15, -0.1) is 0 Å². The first-order chi connectivity index (χ1) is 12.9. The van der Waals surface area contributed by atoms with Crippen molar-refractivity contribution < 1.29 is 38.8 Å². The summed E-state index contributed by atoms with van der Waals surface area (Å²) in [5.41, 5.74) is -3.63. The van der Waals surface area contributed by atoms with Crippen molar-refractivity contribution in [1.82, 2.24) is 0 Å². The van der Waals surface area contributed by atoms with Gasteiger partial charge in [-0.05, 0) is 45.4 Å².